The van der Waals surface area contributed by atoms with E-state index in [1.54, 1.807) is 0 Å². The fourth-order valence-electron chi connectivity index (χ4n) is 0.925. The largest absolute Gasteiger partial charge is 0.387 e. The molecule has 0 fully saturated rings. The molecule has 1 N–H and O–H groups in total. The number of aliphatic hydroxyl groups is 1. The van der Waals surface area contributed by atoms with E-state index in [-0.39, 0.29) is 0 Å². The number of hydrogen-bond acceptors (Lipinski definition) is 2. The number of rotatable bonds is 3. The third-order valence-corrected chi connectivity index (χ3v) is 1.45. The number of benzene rings is 1. The monoisotopic (exact) mass is 163 g/mol. The molecule has 0 aliphatic heterocycles. The van der Waals surface area contributed by atoms with Gasteiger partial charge >= 0.3 is 0 Å². The Kier molecular flexibility index (Phi) is 3.14. The van der Waals surface area contributed by atoms with E-state index < -0.39 is 6.23 Å². The fourth-order valence-corrected chi connectivity index (χ4v) is 0.925. The van der Waals surface area contributed by atoms with Gasteiger partial charge in [-0.1, -0.05) is 35.4 Å². The van der Waals surface area contributed by atoms with Gasteiger partial charge in [-0.2, -0.15) is 0 Å². The molecule has 0 aliphatic rings. The van der Waals surface area contributed by atoms with Crippen molar-refractivity contribution in [2.75, 3.05) is 0 Å². The van der Waals surface area contributed by atoms with Crippen molar-refractivity contribution >= 4 is 0 Å². The molecule has 1 aromatic rings. The molecule has 0 saturated carbocycles. The van der Waals surface area contributed by atoms with Crippen molar-refractivity contribution in [3.63, 3.8) is 0 Å². The zero-order chi connectivity index (χ0) is 8.81. The molecule has 0 saturated heterocycles. The minimum atomic E-state index is -0.961. The van der Waals surface area contributed by atoms with Crippen LogP contribution in [0.5, 0.6) is 0 Å². The first-order valence-corrected chi connectivity index (χ1v) is 3.59. The van der Waals surface area contributed by atoms with Crippen LogP contribution < -0.4 is 0 Å². The number of hydrogen-bond donors (Lipinski definition) is 1. The molecule has 1 atom stereocenters. The zero-order valence-corrected chi connectivity index (χ0v) is 6.46. The Hall–Kier alpha value is -1.51. The van der Waals surface area contributed by atoms with Crippen LogP contribution in [-0.2, 0) is 6.42 Å². The first kappa shape index (κ1) is 8.59. The first-order valence-electron chi connectivity index (χ1n) is 3.59. The van der Waals surface area contributed by atoms with Gasteiger partial charge in [0.25, 0.3) is 0 Å². The summed E-state index contributed by atoms with van der Waals surface area (Å²) in [6.45, 7) is 0. The maximum atomic E-state index is 9.08. The van der Waals surface area contributed by atoms with Gasteiger partial charge in [-0.3, -0.25) is 0 Å². The summed E-state index contributed by atoms with van der Waals surface area (Å²) in [6.07, 6.45) is -0.595. The Morgan fingerprint density at radius 3 is 2.67 bits per heavy atom. The van der Waals surface area contributed by atoms with Crippen molar-refractivity contribution in [2.45, 2.75) is 12.6 Å². The highest BCUT2D eigenvalue weighted by atomic mass is 16.3. The Bertz CT molecular complexity index is 280. The average molecular weight is 163 g/mol. The molecule has 0 amide bonds. The maximum Gasteiger partial charge on any atom is 0.137 e. The normalized spacial score (nSPS) is 11.8. The highest BCUT2D eigenvalue weighted by molar-refractivity contribution is 5.15. The van der Waals surface area contributed by atoms with Crippen LogP contribution in [0.3, 0.4) is 0 Å². The van der Waals surface area contributed by atoms with Crippen molar-refractivity contribution in [1.29, 1.82) is 0 Å². The summed E-state index contributed by atoms with van der Waals surface area (Å²) in [5, 5.41) is 12.2. The molecule has 0 spiro atoms. The van der Waals surface area contributed by atoms with Gasteiger partial charge in [0, 0.05) is 11.3 Å². The van der Waals surface area contributed by atoms with Gasteiger partial charge in [-0.15, -0.1) is 0 Å². The zero-order valence-electron chi connectivity index (χ0n) is 6.46. The van der Waals surface area contributed by atoms with Crippen molar-refractivity contribution in [2.24, 2.45) is 5.11 Å². The topological polar surface area (TPSA) is 69.0 Å². The maximum absolute atomic E-state index is 9.08. The Labute approximate surface area is 70.1 Å². The Morgan fingerprint density at radius 1 is 1.42 bits per heavy atom. The summed E-state index contributed by atoms with van der Waals surface area (Å²) in [4.78, 5) is 2.51. The van der Waals surface area contributed by atoms with Crippen LogP contribution in [0.2, 0.25) is 0 Å². The third kappa shape index (κ3) is 2.62. The van der Waals surface area contributed by atoms with E-state index in [1.165, 1.54) is 0 Å². The lowest BCUT2D eigenvalue weighted by molar-refractivity contribution is 0.183. The molecule has 4 nitrogen and oxygen atoms in total. The van der Waals surface area contributed by atoms with Crippen LogP contribution in [0.15, 0.2) is 35.4 Å². The van der Waals surface area contributed by atoms with E-state index in [1.807, 2.05) is 30.3 Å². The summed E-state index contributed by atoms with van der Waals surface area (Å²) in [5.74, 6) is 0. The van der Waals surface area contributed by atoms with Gasteiger partial charge in [0.15, 0.2) is 0 Å². The van der Waals surface area contributed by atoms with Crippen LogP contribution in [0, 0.1) is 0 Å². The van der Waals surface area contributed by atoms with Crippen molar-refractivity contribution in [3.8, 4) is 0 Å². The molecule has 1 aromatic carbocycles. The summed E-state index contributed by atoms with van der Waals surface area (Å²) >= 11 is 0. The van der Waals surface area contributed by atoms with Gasteiger partial charge < -0.3 is 5.11 Å². The molecule has 0 bridgehead atoms. The third-order valence-electron chi connectivity index (χ3n) is 1.45. The molecule has 0 aliphatic carbocycles. The summed E-state index contributed by atoms with van der Waals surface area (Å²) in [5.41, 5.74) is 8.97. The molecular weight excluding hydrogens is 154 g/mol. The van der Waals surface area contributed by atoms with Gasteiger partial charge in [0.2, 0.25) is 0 Å². The number of nitrogens with zero attached hydrogens (tertiary/aromatic N) is 3. The van der Waals surface area contributed by atoms with Gasteiger partial charge in [-0.25, -0.2) is 0 Å². The predicted octanol–water partition coefficient (Wildman–Crippen LogP) is 1.86. The fraction of sp³-hybridized carbons (Fsp3) is 0.250. The van der Waals surface area contributed by atoms with E-state index in [4.69, 9.17) is 10.6 Å². The predicted molar refractivity (Wildman–Crippen MR) is 45.3 cm³/mol. The molecule has 1 rings (SSSR count). The Balaban J connectivity index is 2.58. The summed E-state index contributed by atoms with van der Waals surface area (Å²) < 4.78 is 0. The number of aliphatic hydroxyl groups excluding tert-OH is 1. The van der Waals surface area contributed by atoms with E-state index in [9.17, 15) is 0 Å². The first-order chi connectivity index (χ1) is 5.83. The minimum absolute atomic E-state index is 0.366. The van der Waals surface area contributed by atoms with Crippen molar-refractivity contribution in [3.05, 3.63) is 46.3 Å². The quantitative estimate of drug-likeness (QED) is 0.412. The molecule has 0 radical (unpaired) electrons. The van der Waals surface area contributed by atoms with E-state index in [0.717, 1.165) is 5.56 Å². The Morgan fingerprint density at radius 2 is 2.08 bits per heavy atom. The molecule has 0 heterocycles. The minimum Gasteiger partial charge on any atom is -0.387 e. The van der Waals surface area contributed by atoms with E-state index in [2.05, 4.69) is 10.0 Å². The van der Waals surface area contributed by atoms with E-state index in [0.29, 0.717) is 6.42 Å². The molecular formula is C8H9N3O. The summed E-state index contributed by atoms with van der Waals surface area (Å²) in [6, 6.07) is 9.38. The standard InChI is InChI=1S/C8H9N3O/c9-11-10-8(12)6-7-4-2-1-3-5-7/h1-5,8,12H,6H2/t8-/m0/s1. The van der Waals surface area contributed by atoms with E-state index >= 15 is 0 Å². The second-order valence-electron chi connectivity index (χ2n) is 2.38. The number of azide groups is 1. The summed E-state index contributed by atoms with van der Waals surface area (Å²) in [7, 11) is 0. The molecule has 62 valence electrons. The lowest BCUT2D eigenvalue weighted by Crippen LogP contribution is -2.04. The van der Waals surface area contributed by atoms with Crippen LogP contribution in [0.25, 0.3) is 10.4 Å². The second kappa shape index (κ2) is 4.38. The highest BCUT2D eigenvalue weighted by Gasteiger charge is 2.00. The highest BCUT2D eigenvalue weighted by Crippen LogP contribution is 2.03. The van der Waals surface area contributed by atoms with Crippen LogP contribution in [-0.4, -0.2) is 11.3 Å². The lowest BCUT2D eigenvalue weighted by atomic mass is 10.1. The van der Waals surface area contributed by atoms with Gasteiger partial charge in [0.1, 0.15) is 6.23 Å². The van der Waals surface area contributed by atoms with Gasteiger partial charge in [0.05, 0.1) is 0 Å². The molecule has 4 heteroatoms. The van der Waals surface area contributed by atoms with Crippen LogP contribution in [0.4, 0.5) is 0 Å². The average Bonchev–Trinajstić information content (AvgIpc) is 2.06. The molecule has 12 heavy (non-hydrogen) atoms. The van der Waals surface area contributed by atoms with Crippen LogP contribution >= 0.6 is 0 Å². The SMILES string of the molecule is [N-]=[N+]=N[C@@H](O)Cc1ccccc1. The van der Waals surface area contributed by atoms with Crippen molar-refractivity contribution < 1.29 is 5.11 Å². The lowest BCUT2D eigenvalue weighted by Gasteiger charge is -2.02. The van der Waals surface area contributed by atoms with Crippen molar-refractivity contribution in [1.82, 2.24) is 0 Å². The molecule has 0 unspecified atom stereocenters. The smallest absolute Gasteiger partial charge is 0.137 e. The van der Waals surface area contributed by atoms with Gasteiger partial charge in [-0.05, 0) is 11.1 Å². The van der Waals surface area contributed by atoms with Crippen LogP contribution in [0.1, 0.15) is 5.56 Å². The molecule has 0 aromatic heterocycles. The second-order valence-corrected chi connectivity index (χ2v) is 2.38.